The van der Waals surface area contributed by atoms with Gasteiger partial charge in [0.05, 0.1) is 33.9 Å². The Morgan fingerprint density at radius 1 is 1.05 bits per heavy atom. The number of nitrogens with two attached hydrogens (primary N) is 1. The first-order valence-corrected chi connectivity index (χ1v) is 12.8. The number of phenolic OH excluding ortho intramolecular Hbond substituents is 1. The molecule has 1 saturated carbocycles. The Labute approximate surface area is 227 Å². The molecule has 2 saturated heterocycles. The van der Waals surface area contributed by atoms with Gasteiger partial charge in [-0.15, -0.1) is 0 Å². The maximum atomic E-state index is 14.2. The fourth-order valence-corrected chi connectivity index (χ4v) is 7.32. The minimum Gasteiger partial charge on any atom is -0.508 e. The predicted molar refractivity (Wildman–Crippen MR) is 136 cm³/mol. The van der Waals surface area contributed by atoms with Gasteiger partial charge in [-0.1, -0.05) is 35.4 Å². The standard InChI is InChI=1S/C28H23ClFN3O6/c1-28-18(24(36)32(26(28)38)13-4-9-20(30)19(29)10-13)11-17-15(22(28)12-2-5-14(34)6-3-12)7-8-16-21(17)25(37)33(23(16)35)27(31)39/h2-7,9-10,16-18,21-22,34H,8,11H2,1H3,(H2,31,39)/t16-,17+,18-,21-,22-,28+/m0/s1. The first kappa shape index (κ1) is 25.2. The minimum atomic E-state index is -1.31. The zero-order valence-electron chi connectivity index (χ0n) is 20.6. The van der Waals surface area contributed by atoms with Crippen LogP contribution in [0.25, 0.3) is 0 Å². The number of rotatable bonds is 2. The Balaban J connectivity index is 1.52. The van der Waals surface area contributed by atoms with Crippen LogP contribution < -0.4 is 10.6 Å². The molecule has 4 aliphatic rings. The third-order valence-electron chi connectivity index (χ3n) is 8.88. The van der Waals surface area contributed by atoms with E-state index >= 15 is 0 Å². The number of carbonyl (C=O) groups is 5. The van der Waals surface area contributed by atoms with Gasteiger partial charge in [0.2, 0.25) is 23.6 Å². The number of fused-ring (bicyclic) bond motifs is 4. The maximum absolute atomic E-state index is 14.2. The summed E-state index contributed by atoms with van der Waals surface area (Å²) >= 11 is 5.98. The van der Waals surface area contributed by atoms with Crippen LogP contribution in [0.5, 0.6) is 5.75 Å². The molecule has 2 aliphatic carbocycles. The van der Waals surface area contributed by atoms with Crippen molar-refractivity contribution in [3.63, 3.8) is 0 Å². The fourth-order valence-electron chi connectivity index (χ4n) is 7.15. The summed E-state index contributed by atoms with van der Waals surface area (Å²) in [6, 6.07) is 8.71. The molecule has 2 aromatic rings. The number of nitrogens with zero attached hydrogens (tertiary/aromatic N) is 2. The van der Waals surface area contributed by atoms with Crippen LogP contribution in [0.15, 0.2) is 54.1 Å². The Hall–Kier alpha value is -4.05. The van der Waals surface area contributed by atoms with Crippen molar-refractivity contribution in [1.82, 2.24) is 4.90 Å². The van der Waals surface area contributed by atoms with Crippen LogP contribution in [0, 0.1) is 34.9 Å². The third-order valence-corrected chi connectivity index (χ3v) is 9.17. The molecule has 11 heteroatoms. The van der Waals surface area contributed by atoms with E-state index in [2.05, 4.69) is 0 Å². The van der Waals surface area contributed by atoms with Gasteiger partial charge in [-0.2, -0.15) is 4.90 Å². The van der Waals surface area contributed by atoms with Crippen molar-refractivity contribution in [2.75, 3.05) is 4.90 Å². The molecule has 3 fully saturated rings. The van der Waals surface area contributed by atoms with Crippen LogP contribution >= 0.6 is 11.6 Å². The number of hydrogen-bond acceptors (Lipinski definition) is 6. The maximum Gasteiger partial charge on any atom is 0.328 e. The van der Waals surface area contributed by atoms with E-state index in [-0.39, 0.29) is 29.3 Å². The highest BCUT2D eigenvalue weighted by molar-refractivity contribution is 6.31. The number of primary amides is 1. The van der Waals surface area contributed by atoms with Crippen LogP contribution in [-0.2, 0) is 19.2 Å². The molecule has 9 nitrogen and oxygen atoms in total. The summed E-state index contributed by atoms with van der Waals surface area (Å²) in [7, 11) is 0. The number of amides is 6. The van der Waals surface area contributed by atoms with Gasteiger partial charge < -0.3 is 10.8 Å². The van der Waals surface area contributed by atoms with Gasteiger partial charge in [-0.05, 0) is 61.6 Å². The molecule has 2 aliphatic heterocycles. The predicted octanol–water partition coefficient (Wildman–Crippen LogP) is 3.49. The van der Waals surface area contributed by atoms with Gasteiger partial charge in [0, 0.05) is 5.92 Å². The van der Waals surface area contributed by atoms with E-state index in [0.29, 0.717) is 16.0 Å². The number of urea groups is 1. The highest BCUT2D eigenvalue weighted by Crippen LogP contribution is 2.63. The molecule has 39 heavy (non-hydrogen) atoms. The van der Waals surface area contributed by atoms with Crippen molar-refractivity contribution in [1.29, 1.82) is 0 Å². The topological polar surface area (TPSA) is 138 Å². The van der Waals surface area contributed by atoms with E-state index in [1.165, 1.54) is 24.3 Å². The molecule has 2 heterocycles. The molecule has 6 rings (SSSR count). The highest BCUT2D eigenvalue weighted by atomic mass is 35.5. The van der Waals surface area contributed by atoms with Gasteiger partial charge in [-0.3, -0.25) is 19.2 Å². The van der Waals surface area contributed by atoms with Crippen LogP contribution in [0.3, 0.4) is 0 Å². The van der Waals surface area contributed by atoms with Crippen molar-refractivity contribution >= 4 is 46.9 Å². The number of allylic oxidation sites excluding steroid dienone is 2. The number of halogens is 2. The lowest BCUT2D eigenvalue weighted by Gasteiger charge is -2.49. The van der Waals surface area contributed by atoms with E-state index in [9.17, 15) is 33.5 Å². The van der Waals surface area contributed by atoms with E-state index in [1.807, 2.05) is 6.08 Å². The Morgan fingerprint density at radius 2 is 1.74 bits per heavy atom. The van der Waals surface area contributed by atoms with Gasteiger partial charge in [0.1, 0.15) is 11.6 Å². The molecule has 0 unspecified atom stereocenters. The first-order chi connectivity index (χ1) is 18.5. The van der Waals surface area contributed by atoms with Crippen LogP contribution in [0.2, 0.25) is 5.02 Å². The average Bonchev–Trinajstić information content (AvgIpc) is 3.26. The second-order valence-electron chi connectivity index (χ2n) is 10.7. The Kier molecular flexibility index (Phi) is 5.48. The number of carbonyl (C=O) groups excluding carboxylic acids is 5. The zero-order chi connectivity index (χ0) is 28.0. The number of imide groups is 4. The van der Waals surface area contributed by atoms with E-state index in [0.717, 1.165) is 11.0 Å². The molecule has 0 aromatic heterocycles. The lowest BCUT2D eigenvalue weighted by Crippen LogP contribution is -2.49. The molecular weight excluding hydrogens is 529 g/mol. The number of benzene rings is 2. The molecule has 3 N–H and O–H groups in total. The lowest BCUT2D eigenvalue weighted by molar-refractivity contribution is -0.136. The molecule has 2 aromatic carbocycles. The van der Waals surface area contributed by atoms with Crippen molar-refractivity contribution in [3.05, 3.63) is 70.5 Å². The minimum absolute atomic E-state index is 0.00979. The summed E-state index contributed by atoms with van der Waals surface area (Å²) < 4.78 is 13.9. The van der Waals surface area contributed by atoms with E-state index in [4.69, 9.17) is 17.3 Å². The average molecular weight is 552 g/mol. The quantitative estimate of drug-likeness (QED) is 0.433. The van der Waals surface area contributed by atoms with Crippen molar-refractivity contribution in [3.8, 4) is 5.75 Å². The normalized spacial score (nSPS) is 31.7. The molecule has 0 spiro atoms. The summed E-state index contributed by atoms with van der Waals surface area (Å²) in [5.74, 6) is -7.02. The molecule has 200 valence electrons. The monoisotopic (exact) mass is 551 g/mol. The Morgan fingerprint density at radius 3 is 2.38 bits per heavy atom. The summed E-state index contributed by atoms with van der Waals surface area (Å²) in [6.45, 7) is 1.70. The van der Waals surface area contributed by atoms with Crippen molar-refractivity contribution in [2.24, 2.45) is 34.8 Å². The van der Waals surface area contributed by atoms with Crippen LogP contribution in [0.1, 0.15) is 31.2 Å². The molecule has 6 amide bonds. The summed E-state index contributed by atoms with van der Waals surface area (Å²) in [6.07, 6.45) is 2.08. The fraction of sp³-hybridized carbons (Fsp3) is 0.321. The van der Waals surface area contributed by atoms with E-state index < -0.39 is 70.5 Å². The second kappa shape index (κ2) is 8.47. The lowest BCUT2D eigenvalue weighted by atomic mass is 9.51. The van der Waals surface area contributed by atoms with Crippen molar-refractivity contribution in [2.45, 2.75) is 25.7 Å². The Bertz CT molecular complexity index is 1520. The largest absolute Gasteiger partial charge is 0.508 e. The summed E-state index contributed by atoms with van der Waals surface area (Å²) in [5, 5.41) is 9.68. The number of aromatic hydroxyl groups is 1. The third kappa shape index (κ3) is 3.33. The van der Waals surface area contributed by atoms with Gasteiger partial charge >= 0.3 is 6.03 Å². The zero-order valence-corrected chi connectivity index (χ0v) is 21.4. The number of phenols is 1. The number of anilines is 1. The van der Waals surface area contributed by atoms with Crippen LogP contribution in [0.4, 0.5) is 14.9 Å². The van der Waals surface area contributed by atoms with Crippen molar-refractivity contribution < 1.29 is 33.5 Å². The molecule has 0 radical (unpaired) electrons. The summed E-state index contributed by atoms with van der Waals surface area (Å²) in [4.78, 5) is 67.8. The van der Waals surface area contributed by atoms with Crippen LogP contribution in [-0.4, -0.2) is 39.7 Å². The molecule has 0 bridgehead atoms. The van der Waals surface area contributed by atoms with E-state index in [1.54, 1.807) is 19.1 Å². The second-order valence-corrected chi connectivity index (χ2v) is 11.1. The van der Waals surface area contributed by atoms with Gasteiger partial charge in [0.15, 0.2) is 0 Å². The number of hydrogen-bond donors (Lipinski definition) is 2. The molecule has 6 atom stereocenters. The SMILES string of the molecule is C[C@@]12C(=O)N(c3ccc(F)c(Cl)c3)C(=O)[C@@H]1C[C@@H]1C(=CC[C@@H]3C(=O)N(C(N)=O)C(=O)[C@@H]31)[C@@H]2c1ccc(O)cc1. The number of likely N-dealkylation sites (tertiary alicyclic amines) is 1. The first-order valence-electron chi connectivity index (χ1n) is 12.5. The summed E-state index contributed by atoms with van der Waals surface area (Å²) in [5.41, 5.74) is 5.52. The highest BCUT2D eigenvalue weighted by Gasteiger charge is 2.67. The van der Waals surface area contributed by atoms with Gasteiger partial charge in [0.25, 0.3) is 0 Å². The smallest absolute Gasteiger partial charge is 0.328 e. The van der Waals surface area contributed by atoms with Gasteiger partial charge in [-0.25, -0.2) is 14.1 Å². The molecular formula is C28H23ClFN3O6.